The van der Waals surface area contributed by atoms with E-state index in [9.17, 15) is 18.0 Å². The second-order valence-electron chi connectivity index (χ2n) is 9.53. The number of benzene rings is 1. The van der Waals surface area contributed by atoms with Crippen LogP contribution in [0.25, 0.3) is 16.7 Å². The lowest BCUT2D eigenvalue weighted by atomic mass is 10.1. The number of nitrogens with one attached hydrogen (secondary N) is 1. The summed E-state index contributed by atoms with van der Waals surface area (Å²) in [4.78, 5) is 31.3. The quantitative estimate of drug-likeness (QED) is 0.213. The minimum atomic E-state index is -4.69. The number of fused-ring (bicyclic) bond motifs is 2. The number of aromatic nitrogens is 6. The van der Waals surface area contributed by atoms with Crippen molar-refractivity contribution in [2.45, 2.75) is 19.1 Å². The number of hydrogen-bond donors (Lipinski definition) is 1. The van der Waals surface area contributed by atoms with Gasteiger partial charge in [0.15, 0.2) is 17.3 Å². The molecule has 0 spiro atoms. The lowest BCUT2D eigenvalue weighted by molar-refractivity contribution is -0.188. The van der Waals surface area contributed by atoms with Gasteiger partial charge in [-0.05, 0) is 43.2 Å². The second-order valence-corrected chi connectivity index (χ2v) is 9.91. The van der Waals surface area contributed by atoms with Crippen molar-refractivity contribution in [2.24, 2.45) is 0 Å². The number of amides is 1. The van der Waals surface area contributed by atoms with Gasteiger partial charge in [0, 0.05) is 31.9 Å². The van der Waals surface area contributed by atoms with Crippen molar-refractivity contribution in [3.05, 3.63) is 66.1 Å². The van der Waals surface area contributed by atoms with Crippen LogP contribution in [0.2, 0.25) is 5.02 Å². The van der Waals surface area contributed by atoms with Gasteiger partial charge in [-0.25, -0.2) is 28.8 Å². The van der Waals surface area contributed by atoms with E-state index in [0.717, 1.165) is 4.90 Å². The summed E-state index contributed by atoms with van der Waals surface area (Å²) < 4.78 is 64.5. The summed E-state index contributed by atoms with van der Waals surface area (Å²) in [6, 6.07) is 7.10. The number of halogens is 5. The van der Waals surface area contributed by atoms with E-state index >= 15 is 4.39 Å². The van der Waals surface area contributed by atoms with Gasteiger partial charge in [0.1, 0.15) is 46.6 Å². The fourth-order valence-corrected chi connectivity index (χ4v) is 4.92. The molecule has 0 bridgehead atoms. The maximum Gasteiger partial charge on any atom is 0.410 e. The maximum atomic E-state index is 15.4. The Balaban J connectivity index is 1.26. The van der Waals surface area contributed by atoms with E-state index in [2.05, 4.69) is 42.2 Å². The topological polar surface area (TPSA) is 114 Å². The smallest absolute Gasteiger partial charge is 0.410 e. The number of piperazine rings is 1. The highest BCUT2D eigenvalue weighted by atomic mass is 35.5. The molecule has 0 unspecified atom stereocenters. The molecule has 224 valence electrons. The normalized spacial score (nSPS) is 15.3. The van der Waals surface area contributed by atoms with Gasteiger partial charge in [-0.15, -0.1) is 0 Å². The Hall–Kier alpha value is -5.23. The molecule has 1 atom stereocenters. The van der Waals surface area contributed by atoms with Crippen molar-refractivity contribution in [1.82, 2.24) is 34.4 Å². The van der Waals surface area contributed by atoms with E-state index in [4.69, 9.17) is 16.3 Å². The second kappa shape index (κ2) is 11.5. The van der Waals surface area contributed by atoms with Gasteiger partial charge in [-0.1, -0.05) is 17.5 Å². The van der Waals surface area contributed by atoms with Gasteiger partial charge in [0.2, 0.25) is 0 Å². The molecule has 1 fully saturated rings. The Morgan fingerprint density at radius 3 is 2.75 bits per heavy atom. The van der Waals surface area contributed by atoms with Crippen LogP contribution in [0.15, 0.2) is 55.2 Å². The minimum Gasteiger partial charge on any atom is -0.455 e. The van der Waals surface area contributed by atoms with Crippen LogP contribution in [-0.2, 0) is 4.79 Å². The third-order valence-electron chi connectivity index (χ3n) is 6.82. The summed E-state index contributed by atoms with van der Waals surface area (Å²) in [6.07, 6.45) is -0.440. The molecule has 1 aromatic carbocycles. The first-order chi connectivity index (χ1) is 21.1. The number of carbonyl (C=O) groups is 1. The van der Waals surface area contributed by atoms with Crippen molar-refractivity contribution < 1.29 is 27.1 Å². The van der Waals surface area contributed by atoms with Crippen molar-refractivity contribution in [3.8, 4) is 23.3 Å². The van der Waals surface area contributed by atoms with Gasteiger partial charge in [0.25, 0.3) is 5.91 Å². The highest BCUT2D eigenvalue weighted by molar-refractivity contribution is 6.32. The molecular formula is C28H20ClF4N9O2. The predicted octanol–water partition coefficient (Wildman–Crippen LogP) is 5.00. The summed E-state index contributed by atoms with van der Waals surface area (Å²) in [7, 11) is 0. The Morgan fingerprint density at radius 1 is 1.11 bits per heavy atom. The number of ether oxygens (including phenoxy) is 1. The highest BCUT2D eigenvalue weighted by Gasteiger charge is 2.48. The van der Waals surface area contributed by atoms with Crippen LogP contribution in [0.5, 0.6) is 11.5 Å². The SMILES string of the molecule is CC#CC(=O)N1CCN(c2ccc3ncnc(Nc4ccc(Oc5ccn6ncnc6c5)c(Cl)c4F)c3n2)C[C@@H]1C(F)(F)F. The largest absolute Gasteiger partial charge is 0.455 e. The van der Waals surface area contributed by atoms with Crippen molar-refractivity contribution in [1.29, 1.82) is 0 Å². The number of carbonyl (C=O) groups excluding carboxylic acids is 1. The molecule has 1 saturated heterocycles. The monoisotopic (exact) mass is 625 g/mol. The molecule has 0 saturated carbocycles. The van der Waals surface area contributed by atoms with Crippen molar-refractivity contribution in [3.63, 3.8) is 0 Å². The summed E-state index contributed by atoms with van der Waals surface area (Å²) in [5.74, 6) is 3.51. The third-order valence-corrected chi connectivity index (χ3v) is 7.17. The zero-order valence-electron chi connectivity index (χ0n) is 22.7. The predicted molar refractivity (Wildman–Crippen MR) is 152 cm³/mol. The zero-order valence-corrected chi connectivity index (χ0v) is 23.4. The summed E-state index contributed by atoms with van der Waals surface area (Å²) >= 11 is 6.30. The summed E-state index contributed by atoms with van der Waals surface area (Å²) in [6.45, 7) is 0.700. The maximum absolute atomic E-state index is 15.4. The van der Waals surface area contributed by atoms with Crippen molar-refractivity contribution in [2.75, 3.05) is 29.9 Å². The standard InChI is InChI=1S/C28H20ClF4N9O2/c1-2-3-23(43)41-11-10-40(13-20(41)28(31,32)33)21-7-5-18-26(39-21)27(36-14-34-18)38-17-4-6-19(24(29)25(17)30)44-16-8-9-42-22(12-16)35-15-37-42/h4-9,12,14-15,20H,10-11,13H2,1H3,(H,34,36,38)/t20-/m1/s1. The highest BCUT2D eigenvalue weighted by Crippen LogP contribution is 2.37. The molecule has 0 aliphatic carbocycles. The fourth-order valence-electron chi connectivity index (χ4n) is 4.71. The van der Waals surface area contributed by atoms with E-state index < -0.39 is 30.5 Å². The third kappa shape index (κ3) is 5.59. The molecule has 0 radical (unpaired) electrons. The molecule has 44 heavy (non-hydrogen) atoms. The summed E-state index contributed by atoms with van der Waals surface area (Å²) in [5.41, 5.74) is 1.01. The summed E-state index contributed by atoms with van der Waals surface area (Å²) in [5, 5.41) is 6.55. The molecule has 1 amide bonds. The molecule has 1 N–H and O–H groups in total. The van der Waals surface area contributed by atoms with Crippen LogP contribution in [0, 0.1) is 17.7 Å². The minimum absolute atomic E-state index is 0.0494. The van der Waals surface area contributed by atoms with Crippen LogP contribution in [-0.4, -0.2) is 72.2 Å². The first kappa shape index (κ1) is 28.9. The van der Waals surface area contributed by atoms with Gasteiger partial charge in [-0.2, -0.15) is 18.3 Å². The average Bonchev–Trinajstić information content (AvgIpc) is 3.48. The van der Waals surface area contributed by atoms with Crippen LogP contribution in [0.1, 0.15) is 6.92 Å². The molecule has 1 aliphatic rings. The molecule has 16 heteroatoms. The van der Waals surface area contributed by atoms with Crippen LogP contribution < -0.4 is 15.0 Å². The van der Waals surface area contributed by atoms with E-state index in [1.165, 1.54) is 47.2 Å². The Labute approximate surface area is 251 Å². The van der Waals surface area contributed by atoms with E-state index in [1.807, 2.05) is 0 Å². The number of pyridine rings is 2. The average molecular weight is 626 g/mol. The molecule has 1 aliphatic heterocycles. The van der Waals surface area contributed by atoms with Gasteiger partial charge in [0.05, 0.1) is 11.2 Å². The molecule has 11 nitrogen and oxygen atoms in total. The lowest BCUT2D eigenvalue weighted by Crippen LogP contribution is -2.60. The molecule has 5 aromatic rings. The number of hydrogen-bond acceptors (Lipinski definition) is 9. The zero-order chi connectivity index (χ0) is 31.0. The Bertz CT molecular complexity index is 1960. The number of anilines is 3. The van der Waals surface area contributed by atoms with Crippen LogP contribution in [0.4, 0.5) is 34.9 Å². The fraction of sp³-hybridized carbons (Fsp3) is 0.214. The van der Waals surface area contributed by atoms with E-state index in [-0.39, 0.29) is 46.7 Å². The first-order valence-electron chi connectivity index (χ1n) is 13.0. The van der Waals surface area contributed by atoms with Crippen LogP contribution in [0.3, 0.4) is 0 Å². The lowest BCUT2D eigenvalue weighted by Gasteiger charge is -2.41. The molecular weight excluding hydrogens is 606 g/mol. The first-order valence-corrected chi connectivity index (χ1v) is 13.4. The van der Waals surface area contributed by atoms with Gasteiger partial charge < -0.3 is 19.9 Å². The van der Waals surface area contributed by atoms with Crippen LogP contribution >= 0.6 is 11.6 Å². The van der Waals surface area contributed by atoms with Gasteiger partial charge >= 0.3 is 6.18 Å². The molecule has 4 aromatic heterocycles. The number of alkyl halides is 3. The Morgan fingerprint density at radius 2 is 1.95 bits per heavy atom. The van der Waals surface area contributed by atoms with Crippen molar-refractivity contribution >= 4 is 51.5 Å². The van der Waals surface area contributed by atoms with E-state index in [1.54, 1.807) is 24.4 Å². The molecule has 6 rings (SSSR count). The molecule has 5 heterocycles. The van der Waals surface area contributed by atoms with E-state index in [0.29, 0.717) is 16.9 Å². The number of nitrogens with zero attached hydrogens (tertiary/aromatic N) is 8. The van der Waals surface area contributed by atoms with Gasteiger partial charge in [-0.3, -0.25) is 4.79 Å². The Kier molecular flexibility index (Phi) is 7.52. The number of rotatable bonds is 5.